The Morgan fingerprint density at radius 3 is 2.64 bits per heavy atom. The highest BCUT2D eigenvalue weighted by molar-refractivity contribution is 6.16. The summed E-state index contributed by atoms with van der Waals surface area (Å²) in [6, 6.07) is 5.85. The van der Waals surface area contributed by atoms with Crippen molar-refractivity contribution in [2.45, 2.75) is 5.88 Å². The fraction of sp³-hybridized carbons (Fsp3) is 0.200. The second-order valence-corrected chi connectivity index (χ2v) is 3.28. The minimum atomic E-state index is 0.481. The molecule has 3 nitrogen and oxygen atoms in total. The van der Waals surface area contributed by atoms with Gasteiger partial charge < -0.3 is 0 Å². The summed E-state index contributed by atoms with van der Waals surface area (Å²) in [5, 5.41) is 4.36. The number of aromatic nitrogens is 3. The van der Waals surface area contributed by atoms with Crippen molar-refractivity contribution in [3.8, 4) is 11.3 Å². The second kappa shape index (κ2) is 3.80. The van der Waals surface area contributed by atoms with Crippen molar-refractivity contribution in [1.82, 2.24) is 14.8 Å². The first-order valence-electron chi connectivity index (χ1n) is 4.30. The normalized spacial score (nSPS) is 10.4. The molecule has 0 aliphatic heterocycles. The fourth-order valence-corrected chi connectivity index (χ4v) is 1.54. The zero-order chi connectivity index (χ0) is 9.97. The van der Waals surface area contributed by atoms with Crippen LogP contribution in [-0.2, 0) is 12.9 Å². The number of hydrogen-bond donors (Lipinski definition) is 0. The van der Waals surface area contributed by atoms with Crippen LogP contribution in [0.15, 0.2) is 30.6 Å². The molecule has 0 saturated heterocycles. The minimum Gasteiger partial charge on any atom is -0.271 e. The third-order valence-electron chi connectivity index (χ3n) is 2.09. The van der Waals surface area contributed by atoms with Crippen molar-refractivity contribution in [2.24, 2.45) is 7.05 Å². The maximum atomic E-state index is 5.76. The lowest BCUT2D eigenvalue weighted by molar-refractivity contribution is 0.737. The van der Waals surface area contributed by atoms with E-state index in [2.05, 4.69) is 10.1 Å². The molecule has 0 radical (unpaired) electrons. The number of nitrogens with zero attached hydrogens (tertiary/aromatic N) is 3. The average molecular weight is 208 g/mol. The Bertz CT molecular complexity index is 422. The van der Waals surface area contributed by atoms with Crippen molar-refractivity contribution in [1.29, 1.82) is 0 Å². The van der Waals surface area contributed by atoms with E-state index in [0.29, 0.717) is 5.88 Å². The van der Waals surface area contributed by atoms with Gasteiger partial charge in [-0.2, -0.15) is 5.10 Å². The first-order chi connectivity index (χ1) is 6.81. The van der Waals surface area contributed by atoms with Crippen LogP contribution in [0.1, 0.15) is 5.69 Å². The van der Waals surface area contributed by atoms with Gasteiger partial charge in [0.25, 0.3) is 0 Å². The molecule has 72 valence electrons. The molecule has 0 aromatic carbocycles. The molecule has 4 heteroatoms. The lowest BCUT2D eigenvalue weighted by Gasteiger charge is -1.93. The molecule has 0 atom stereocenters. The first kappa shape index (κ1) is 9.21. The number of halogens is 1. The number of alkyl halides is 1. The third-order valence-corrected chi connectivity index (χ3v) is 2.36. The number of hydrogen-bond acceptors (Lipinski definition) is 2. The minimum absolute atomic E-state index is 0.481. The smallest absolute Gasteiger partial charge is 0.0927 e. The van der Waals surface area contributed by atoms with Crippen molar-refractivity contribution in [3.63, 3.8) is 0 Å². The number of rotatable bonds is 2. The van der Waals surface area contributed by atoms with E-state index in [0.717, 1.165) is 17.0 Å². The van der Waals surface area contributed by atoms with Crippen molar-refractivity contribution < 1.29 is 0 Å². The molecule has 0 bridgehead atoms. The Kier molecular flexibility index (Phi) is 2.50. The molecule has 0 fully saturated rings. The van der Waals surface area contributed by atoms with E-state index in [1.54, 1.807) is 17.1 Å². The summed E-state index contributed by atoms with van der Waals surface area (Å²) in [6.45, 7) is 0. The molecule has 14 heavy (non-hydrogen) atoms. The molecule has 0 amide bonds. The van der Waals surface area contributed by atoms with Gasteiger partial charge in [0.2, 0.25) is 0 Å². The molecular formula is C10H10ClN3. The van der Waals surface area contributed by atoms with E-state index in [4.69, 9.17) is 11.6 Å². The molecule has 2 rings (SSSR count). The van der Waals surface area contributed by atoms with Crippen LogP contribution in [0.4, 0.5) is 0 Å². The number of pyridine rings is 1. The molecule has 0 unspecified atom stereocenters. The molecule has 2 heterocycles. The van der Waals surface area contributed by atoms with E-state index in [-0.39, 0.29) is 0 Å². The highest BCUT2D eigenvalue weighted by atomic mass is 35.5. The maximum absolute atomic E-state index is 5.76. The third kappa shape index (κ3) is 1.63. The molecular weight excluding hydrogens is 198 g/mol. The quantitative estimate of drug-likeness (QED) is 0.707. The highest BCUT2D eigenvalue weighted by Gasteiger charge is 2.05. The SMILES string of the molecule is Cn1nc(-c2ccncc2)cc1CCl. The fourth-order valence-electron chi connectivity index (χ4n) is 1.29. The molecule has 0 N–H and O–H groups in total. The topological polar surface area (TPSA) is 30.7 Å². The van der Waals surface area contributed by atoms with Crippen LogP contribution >= 0.6 is 11.6 Å². The Balaban J connectivity index is 2.43. The van der Waals surface area contributed by atoms with Crippen LogP contribution in [0.3, 0.4) is 0 Å². The summed E-state index contributed by atoms with van der Waals surface area (Å²) in [5.41, 5.74) is 3.01. The van der Waals surface area contributed by atoms with Gasteiger partial charge in [0.1, 0.15) is 0 Å². The molecule has 2 aromatic heterocycles. The Morgan fingerprint density at radius 2 is 2.07 bits per heavy atom. The van der Waals surface area contributed by atoms with Gasteiger partial charge >= 0.3 is 0 Å². The number of aryl methyl sites for hydroxylation is 1. The van der Waals surface area contributed by atoms with Crippen molar-refractivity contribution in [3.05, 3.63) is 36.3 Å². The maximum Gasteiger partial charge on any atom is 0.0927 e. The lowest BCUT2D eigenvalue weighted by Crippen LogP contribution is -1.94. The van der Waals surface area contributed by atoms with E-state index >= 15 is 0 Å². The highest BCUT2D eigenvalue weighted by Crippen LogP contribution is 2.18. The first-order valence-corrected chi connectivity index (χ1v) is 4.84. The Hall–Kier alpha value is -1.35. The summed E-state index contributed by atoms with van der Waals surface area (Å²) in [5.74, 6) is 0.481. The van der Waals surface area contributed by atoms with Gasteiger partial charge in [-0.25, -0.2) is 0 Å². The van der Waals surface area contributed by atoms with Gasteiger partial charge in [0.15, 0.2) is 0 Å². The van der Waals surface area contributed by atoms with Crippen LogP contribution in [0.2, 0.25) is 0 Å². The Morgan fingerprint density at radius 1 is 1.36 bits per heavy atom. The standard InChI is InChI=1S/C10H10ClN3/c1-14-9(7-11)6-10(13-14)8-2-4-12-5-3-8/h2-6H,7H2,1H3. The molecule has 0 spiro atoms. The van der Waals surface area contributed by atoms with E-state index in [1.165, 1.54) is 0 Å². The van der Waals surface area contributed by atoms with Gasteiger partial charge in [-0.05, 0) is 18.2 Å². The van der Waals surface area contributed by atoms with E-state index in [9.17, 15) is 0 Å². The van der Waals surface area contributed by atoms with Crippen LogP contribution in [0.5, 0.6) is 0 Å². The van der Waals surface area contributed by atoms with Crippen molar-refractivity contribution in [2.75, 3.05) is 0 Å². The molecule has 0 aliphatic rings. The molecule has 0 saturated carbocycles. The summed E-state index contributed by atoms with van der Waals surface area (Å²) < 4.78 is 1.79. The average Bonchev–Trinajstić information content (AvgIpc) is 2.61. The Labute approximate surface area is 87.3 Å². The predicted molar refractivity (Wildman–Crippen MR) is 56.0 cm³/mol. The van der Waals surface area contributed by atoms with Crippen LogP contribution in [-0.4, -0.2) is 14.8 Å². The van der Waals surface area contributed by atoms with Crippen LogP contribution in [0.25, 0.3) is 11.3 Å². The summed E-state index contributed by atoms with van der Waals surface area (Å²) in [6.07, 6.45) is 3.51. The van der Waals surface area contributed by atoms with Gasteiger partial charge in [0.05, 0.1) is 17.3 Å². The predicted octanol–water partition coefficient (Wildman–Crippen LogP) is 2.22. The summed E-state index contributed by atoms with van der Waals surface area (Å²) in [7, 11) is 1.89. The van der Waals surface area contributed by atoms with E-state index < -0.39 is 0 Å². The van der Waals surface area contributed by atoms with Crippen molar-refractivity contribution >= 4 is 11.6 Å². The lowest BCUT2D eigenvalue weighted by atomic mass is 10.2. The largest absolute Gasteiger partial charge is 0.271 e. The second-order valence-electron chi connectivity index (χ2n) is 3.01. The van der Waals surface area contributed by atoms with Crippen LogP contribution in [0, 0.1) is 0 Å². The monoisotopic (exact) mass is 207 g/mol. The van der Waals surface area contributed by atoms with Crippen LogP contribution < -0.4 is 0 Å². The zero-order valence-corrected chi connectivity index (χ0v) is 8.57. The summed E-state index contributed by atoms with van der Waals surface area (Å²) >= 11 is 5.76. The zero-order valence-electron chi connectivity index (χ0n) is 7.81. The van der Waals surface area contributed by atoms with Gasteiger partial charge in [-0.1, -0.05) is 0 Å². The van der Waals surface area contributed by atoms with Gasteiger partial charge in [-0.3, -0.25) is 9.67 Å². The summed E-state index contributed by atoms with van der Waals surface area (Å²) in [4.78, 5) is 3.96. The molecule has 2 aromatic rings. The molecule has 0 aliphatic carbocycles. The van der Waals surface area contributed by atoms with Gasteiger partial charge in [0, 0.05) is 25.0 Å². The van der Waals surface area contributed by atoms with E-state index in [1.807, 2.05) is 25.2 Å². The van der Waals surface area contributed by atoms with Gasteiger partial charge in [-0.15, -0.1) is 11.6 Å².